The van der Waals surface area contributed by atoms with Gasteiger partial charge < -0.3 is 5.32 Å². The van der Waals surface area contributed by atoms with Crippen molar-refractivity contribution in [2.24, 2.45) is 0 Å². The molecule has 0 radical (unpaired) electrons. The number of benzene rings is 3. The number of aryl methyl sites for hydroxylation is 1. The zero-order chi connectivity index (χ0) is 15.2. The molecule has 110 valence electrons. The van der Waals surface area contributed by atoms with E-state index in [1.807, 2.05) is 0 Å². The third kappa shape index (κ3) is 3.84. The van der Waals surface area contributed by atoms with Crippen LogP contribution in [-0.2, 0) is 13.1 Å². The fraction of sp³-hybridized carbons (Fsp3) is 0.143. The third-order valence-corrected chi connectivity index (χ3v) is 3.94. The van der Waals surface area contributed by atoms with E-state index >= 15 is 0 Å². The summed E-state index contributed by atoms with van der Waals surface area (Å²) in [6.07, 6.45) is 0. The van der Waals surface area contributed by atoms with Crippen LogP contribution in [0.3, 0.4) is 0 Å². The van der Waals surface area contributed by atoms with Crippen molar-refractivity contribution in [3.05, 3.63) is 95.6 Å². The van der Waals surface area contributed by atoms with E-state index in [-0.39, 0.29) is 0 Å². The van der Waals surface area contributed by atoms with Crippen LogP contribution in [0.15, 0.2) is 78.9 Å². The van der Waals surface area contributed by atoms with Gasteiger partial charge in [-0.15, -0.1) is 0 Å². The van der Waals surface area contributed by atoms with Crippen molar-refractivity contribution in [1.29, 1.82) is 0 Å². The molecule has 3 aromatic rings. The van der Waals surface area contributed by atoms with Crippen LogP contribution in [0.1, 0.15) is 16.7 Å². The molecule has 0 spiro atoms. The topological polar surface area (TPSA) is 16.6 Å². The van der Waals surface area contributed by atoms with Crippen molar-refractivity contribution in [2.45, 2.75) is 20.0 Å². The van der Waals surface area contributed by atoms with Gasteiger partial charge in [0.05, 0.1) is 0 Å². The molecule has 0 heterocycles. The van der Waals surface area contributed by atoms with Crippen molar-refractivity contribution in [2.75, 3.05) is 0 Å². The van der Waals surface area contributed by atoms with Gasteiger partial charge >= 0.3 is 0 Å². The minimum Gasteiger partial charge on any atom is -0.339 e. The lowest BCUT2D eigenvalue weighted by molar-refractivity contribution is -0.686. The highest BCUT2D eigenvalue weighted by atomic mass is 14.8. The van der Waals surface area contributed by atoms with Gasteiger partial charge in [0.15, 0.2) is 0 Å². The van der Waals surface area contributed by atoms with E-state index in [2.05, 4.69) is 91.1 Å². The van der Waals surface area contributed by atoms with Gasteiger partial charge in [0.25, 0.3) is 0 Å². The quantitative estimate of drug-likeness (QED) is 0.732. The standard InChI is InChI=1S/C21H21N/c1-17-7-9-18(10-8-17)15-22-16-19-11-13-21(14-12-19)20-5-3-2-4-6-20/h2-14,22H,15-16H2,1H3/p+1. The number of hydrogen-bond acceptors (Lipinski definition) is 0. The molecular formula is C21H22N+. The molecule has 0 saturated carbocycles. The van der Waals surface area contributed by atoms with Crippen LogP contribution in [0.25, 0.3) is 11.1 Å². The normalized spacial score (nSPS) is 10.6. The zero-order valence-corrected chi connectivity index (χ0v) is 13.0. The van der Waals surface area contributed by atoms with Crippen molar-refractivity contribution in [1.82, 2.24) is 0 Å². The second kappa shape index (κ2) is 7.06. The van der Waals surface area contributed by atoms with Crippen molar-refractivity contribution in [3.63, 3.8) is 0 Å². The Hall–Kier alpha value is -2.38. The summed E-state index contributed by atoms with van der Waals surface area (Å²) in [5, 5.41) is 2.35. The zero-order valence-electron chi connectivity index (χ0n) is 13.0. The summed E-state index contributed by atoms with van der Waals surface area (Å²) in [6.45, 7) is 4.17. The molecule has 0 aliphatic carbocycles. The summed E-state index contributed by atoms with van der Waals surface area (Å²) in [4.78, 5) is 0. The molecule has 0 amide bonds. The van der Waals surface area contributed by atoms with Gasteiger partial charge in [0.1, 0.15) is 13.1 Å². The first-order chi connectivity index (χ1) is 10.8. The van der Waals surface area contributed by atoms with Gasteiger partial charge in [0, 0.05) is 11.1 Å². The van der Waals surface area contributed by atoms with Gasteiger partial charge in [-0.3, -0.25) is 0 Å². The molecule has 0 atom stereocenters. The molecule has 2 N–H and O–H groups in total. The summed E-state index contributed by atoms with van der Waals surface area (Å²) in [5.74, 6) is 0. The van der Waals surface area contributed by atoms with E-state index < -0.39 is 0 Å². The largest absolute Gasteiger partial charge is 0.339 e. The molecule has 0 aliphatic heterocycles. The molecule has 0 bridgehead atoms. The number of quaternary nitrogens is 1. The fourth-order valence-corrected chi connectivity index (χ4v) is 2.59. The summed E-state index contributed by atoms with van der Waals surface area (Å²) in [5.41, 5.74) is 6.62. The van der Waals surface area contributed by atoms with E-state index in [1.165, 1.54) is 27.8 Å². The molecule has 0 fully saturated rings. The Morgan fingerprint density at radius 2 is 1.09 bits per heavy atom. The van der Waals surface area contributed by atoms with Gasteiger partial charge in [-0.1, -0.05) is 84.4 Å². The molecule has 3 rings (SSSR count). The smallest absolute Gasteiger partial charge is 0.101 e. The highest BCUT2D eigenvalue weighted by molar-refractivity contribution is 5.63. The van der Waals surface area contributed by atoms with Crippen LogP contribution in [-0.4, -0.2) is 0 Å². The SMILES string of the molecule is Cc1ccc(C[NH2+]Cc2ccc(-c3ccccc3)cc2)cc1. The third-order valence-electron chi connectivity index (χ3n) is 3.94. The van der Waals surface area contributed by atoms with E-state index in [9.17, 15) is 0 Å². The maximum absolute atomic E-state index is 2.35. The highest BCUT2D eigenvalue weighted by Gasteiger charge is 2.00. The first kappa shape index (κ1) is 14.6. The second-order valence-corrected chi connectivity index (χ2v) is 5.75. The van der Waals surface area contributed by atoms with E-state index in [1.54, 1.807) is 0 Å². The molecular weight excluding hydrogens is 266 g/mol. The summed E-state index contributed by atoms with van der Waals surface area (Å²) >= 11 is 0. The van der Waals surface area contributed by atoms with Gasteiger partial charge in [0.2, 0.25) is 0 Å². The molecule has 0 aromatic heterocycles. The van der Waals surface area contributed by atoms with Gasteiger partial charge in [-0.25, -0.2) is 0 Å². The average molecular weight is 288 g/mol. The highest BCUT2D eigenvalue weighted by Crippen LogP contribution is 2.18. The molecule has 22 heavy (non-hydrogen) atoms. The molecule has 0 unspecified atom stereocenters. The predicted molar refractivity (Wildman–Crippen MR) is 92.4 cm³/mol. The Balaban J connectivity index is 1.56. The average Bonchev–Trinajstić information content (AvgIpc) is 2.58. The van der Waals surface area contributed by atoms with Crippen molar-refractivity contribution >= 4 is 0 Å². The fourth-order valence-electron chi connectivity index (χ4n) is 2.59. The monoisotopic (exact) mass is 288 g/mol. The lowest BCUT2D eigenvalue weighted by Gasteiger charge is -2.05. The Kier molecular flexibility index (Phi) is 4.67. The van der Waals surface area contributed by atoms with Gasteiger partial charge in [-0.05, 0) is 18.1 Å². The number of hydrogen-bond donors (Lipinski definition) is 1. The van der Waals surface area contributed by atoms with Crippen LogP contribution in [0.5, 0.6) is 0 Å². The van der Waals surface area contributed by atoms with Crippen LogP contribution >= 0.6 is 0 Å². The lowest BCUT2D eigenvalue weighted by Crippen LogP contribution is -2.80. The van der Waals surface area contributed by atoms with Gasteiger partial charge in [-0.2, -0.15) is 0 Å². The van der Waals surface area contributed by atoms with Crippen LogP contribution in [0.2, 0.25) is 0 Å². The molecule has 1 heteroatoms. The second-order valence-electron chi connectivity index (χ2n) is 5.75. The maximum Gasteiger partial charge on any atom is 0.101 e. The Bertz CT molecular complexity index is 697. The number of rotatable bonds is 5. The predicted octanol–water partition coefficient (Wildman–Crippen LogP) is 3.93. The molecule has 1 nitrogen and oxygen atoms in total. The molecule has 0 saturated heterocycles. The van der Waals surface area contributed by atoms with Crippen LogP contribution in [0, 0.1) is 6.92 Å². The van der Waals surface area contributed by atoms with Crippen molar-refractivity contribution < 1.29 is 5.32 Å². The number of nitrogens with two attached hydrogens (primary N) is 1. The lowest BCUT2D eigenvalue weighted by atomic mass is 10.0. The van der Waals surface area contributed by atoms with E-state index in [0.29, 0.717) is 0 Å². The summed E-state index contributed by atoms with van der Waals surface area (Å²) in [7, 11) is 0. The maximum atomic E-state index is 2.35. The Morgan fingerprint density at radius 3 is 1.68 bits per heavy atom. The van der Waals surface area contributed by atoms with Crippen molar-refractivity contribution in [3.8, 4) is 11.1 Å². The minimum atomic E-state index is 1.02. The van der Waals surface area contributed by atoms with Crippen LogP contribution in [0.4, 0.5) is 0 Å². The first-order valence-corrected chi connectivity index (χ1v) is 7.83. The first-order valence-electron chi connectivity index (χ1n) is 7.83. The molecule has 3 aromatic carbocycles. The molecule has 0 aliphatic rings. The van der Waals surface area contributed by atoms with E-state index in [0.717, 1.165) is 13.1 Å². The summed E-state index contributed by atoms with van der Waals surface area (Å²) < 4.78 is 0. The minimum absolute atomic E-state index is 1.02. The Morgan fingerprint density at radius 1 is 0.591 bits per heavy atom. The Labute approximate surface area is 132 Å². The summed E-state index contributed by atoms with van der Waals surface area (Å²) in [6, 6.07) is 28.2. The van der Waals surface area contributed by atoms with Crippen LogP contribution < -0.4 is 5.32 Å². The van der Waals surface area contributed by atoms with E-state index in [4.69, 9.17) is 0 Å².